The average Bonchev–Trinajstić information content (AvgIpc) is 2.10. The summed E-state index contributed by atoms with van der Waals surface area (Å²) in [6.07, 6.45) is 0. The van der Waals surface area contributed by atoms with Gasteiger partial charge in [0.25, 0.3) is 0 Å². The van der Waals surface area contributed by atoms with Crippen LogP contribution in [0, 0.1) is 10.5 Å². The van der Waals surface area contributed by atoms with Gasteiger partial charge in [-0.05, 0) is 41.1 Å². The first-order chi connectivity index (χ1) is 6.59. The lowest BCUT2D eigenvalue weighted by molar-refractivity contribution is 0.460. The van der Waals surface area contributed by atoms with Crippen LogP contribution in [-0.2, 0) is 0 Å². The molecule has 4 nitrogen and oxygen atoms in total. The fourth-order valence-electron chi connectivity index (χ4n) is 1.25. The lowest BCUT2D eigenvalue weighted by atomic mass is 10.2. The van der Waals surface area contributed by atoms with Crippen molar-refractivity contribution >= 4 is 33.5 Å². The number of aryl methyl sites for hydroxylation is 1. The van der Waals surface area contributed by atoms with Gasteiger partial charge in [0.2, 0.25) is 0 Å². The summed E-state index contributed by atoms with van der Waals surface area (Å²) in [6.45, 7) is 1.89. The van der Waals surface area contributed by atoms with Crippen LogP contribution in [-0.4, -0.2) is 4.98 Å². The molecule has 5 heteroatoms. The maximum Gasteiger partial charge on any atom is 0.419 e. The molecule has 0 unspecified atom stereocenters. The van der Waals surface area contributed by atoms with Crippen LogP contribution < -0.4 is 11.4 Å². The Morgan fingerprint density at radius 3 is 2.79 bits per heavy atom. The Morgan fingerprint density at radius 1 is 1.36 bits per heavy atom. The molecule has 0 fully saturated rings. The quantitative estimate of drug-likeness (QED) is 0.748. The van der Waals surface area contributed by atoms with Crippen molar-refractivity contribution in [1.82, 2.24) is 4.98 Å². The van der Waals surface area contributed by atoms with E-state index in [-0.39, 0.29) is 0 Å². The third-order valence-corrected chi connectivity index (χ3v) is 3.35. The number of benzene rings is 1. The first-order valence-electron chi connectivity index (χ1n) is 3.92. The summed E-state index contributed by atoms with van der Waals surface area (Å²) < 4.78 is 5.27. The number of halogens is 1. The lowest BCUT2D eigenvalue weighted by Crippen LogP contribution is -2.15. The molecular weight excluding hydrogens is 297 g/mol. The Morgan fingerprint density at radius 2 is 2.07 bits per heavy atom. The monoisotopic (exact) mass is 303 g/mol. The minimum atomic E-state index is -0.720. The molecular formula is C9H6INO3. The molecule has 2 rings (SSSR count). The van der Waals surface area contributed by atoms with Crippen molar-refractivity contribution in [2.75, 3.05) is 0 Å². The van der Waals surface area contributed by atoms with Crippen LogP contribution in [0.5, 0.6) is 0 Å². The highest BCUT2D eigenvalue weighted by atomic mass is 127. The SMILES string of the molecule is Cc1ccc2[nH]c(=O)oc(=O)c2c1I. The van der Waals surface area contributed by atoms with Gasteiger partial charge in [-0.3, -0.25) is 4.98 Å². The molecule has 14 heavy (non-hydrogen) atoms. The molecule has 0 aliphatic heterocycles. The number of hydrogen-bond acceptors (Lipinski definition) is 3. The maximum atomic E-state index is 11.4. The van der Waals surface area contributed by atoms with Crippen LogP contribution in [0.25, 0.3) is 10.9 Å². The van der Waals surface area contributed by atoms with Gasteiger partial charge in [0.1, 0.15) is 0 Å². The highest BCUT2D eigenvalue weighted by molar-refractivity contribution is 14.1. The summed E-state index contributed by atoms with van der Waals surface area (Å²) in [5, 5.41) is 0.435. The molecule has 0 saturated heterocycles. The molecule has 0 bridgehead atoms. The van der Waals surface area contributed by atoms with E-state index >= 15 is 0 Å². The van der Waals surface area contributed by atoms with Crippen molar-refractivity contribution < 1.29 is 4.42 Å². The van der Waals surface area contributed by atoms with Crippen LogP contribution in [0.3, 0.4) is 0 Å². The number of aromatic amines is 1. The zero-order chi connectivity index (χ0) is 10.3. The zero-order valence-electron chi connectivity index (χ0n) is 7.26. The minimum Gasteiger partial charge on any atom is -0.372 e. The van der Waals surface area contributed by atoms with Gasteiger partial charge in [0.05, 0.1) is 10.9 Å². The molecule has 0 atom stereocenters. The van der Waals surface area contributed by atoms with Crippen molar-refractivity contribution in [3.05, 3.63) is 42.2 Å². The summed E-state index contributed by atoms with van der Waals surface area (Å²) in [5.74, 6) is -0.720. The number of hydrogen-bond donors (Lipinski definition) is 1. The highest BCUT2D eigenvalue weighted by Gasteiger charge is 2.08. The molecule has 72 valence electrons. The van der Waals surface area contributed by atoms with Gasteiger partial charge in [0.15, 0.2) is 0 Å². The van der Waals surface area contributed by atoms with E-state index in [0.29, 0.717) is 10.9 Å². The van der Waals surface area contributed by atoms with Crippen LogP contribution >= 0.6 is 22.6 Å². The number of fused-ring (bicyclic) bond motifs is 1. The van der Waals surface area contributed by atoms with E-state index in [1.54, 1.807) is 6.07 Å². The molecule has 1 aromatic carbocycles. The lowest BCUT2D eigenvalue weighted by Gasteiger charge is -2.00. The topological polar surface area (TPSA) is 63.1 Å². The van der Waals surface area contributed by atoms with Gasteiger partial charge in [-0.15, -0.1) is 0 Å². The van der Waals surface area contributed by atoms with Gasteiger partial charge in [0, 0.05) is 3.57 Å². The predicted molar refractivity (Wildman–Crippen MR) is 60.6 cm³/mol. The van der Waals surface area contributed by atoms with Crippen LogP contribution in [0.1, 0.15) is 5.56 Å². The second-order valence-electron chi connectivity index (χ2n) is 2.92. The highest BCUT2D eigenvalue weighted by Crippen LogP contribution is 2.18. The molecule has 0 aliphatic carbocycles. The molecule has 0 amide bonds. The first kappa shape index (κ1) is 9.45. The van der Waals surface area contributed by atoms with Gasteiger partial charge in [-0.25, -0.2) is 9.59 Å². The van der Waals surface area contributed by atoms with Crippen molar-refractivity contribution in [2.45, 2.75) is 6.92 Å². The molecule has 2 aromatic rings. The number of H-pyrrole nitrogens is 1. The molecule has 0 radical (unpaired) electrons. The second-order valence-corrected chi connectivity index (χ2v) is 4.00. The number of nitrogens with one attached hydrogen (secondary N) is 1. The zero-order valence-corrected chi connectivity index (χ0v) is 9.41. The first-order valence-corrected chi connectivity index (χ1v) is 4.99. The average molecular weight is 303 g/mol. The third-order valence-electron chi connectivity index (χ3n) is 1.96. The molecule has 0 aliphatic rings. The van der Waals surface area contributed by atoms with E-state index in [2.05, 4.69) is 32.0 Å². The van der Waals surface area contributed by atoms with Gasteiger partial charge in [-0.2, -0.15) is 0 Å². The standard InChI is InChI=1S/C9H6INO3/c1-4-2-3-5-6(7(4)10)8(12)14-9(13)11-5/h2-3H,1H3,(H,11,13). The second kappa shape index (κ2) is 3.23. The summed E-state index contributed by atoms with van der Waals surface area (Å²) in [7, 11) is 0. The van der Waals surface area contributed by atoms with Gasteiger partial charge >= 0.3 is 11.4 Å². The van der Waals surface area contributed by atoms with Crippen LogP contribution in [0.4, 0.5) is 0 Å². The van der Waals surface area contributed by atoms with E-state index in [1.807, 2.05) is 13.0 Å². The Bertz CT molecular complexity index is 611. The van der Waals surface area contributed by atoms with E-state index in [0.717, 1.165) is 9.13 Å². The van der Waals surface area contributed by atoms with E-state index in [1.165, 1.54) is 0 Å². The van der Waals surface area contributed by atoms with Crippen molar-refractivity contribution in [3.63, 3.8) is 0 Å². The maximum absolute atomic E-state index is 11.4. The Hall–Kier alpha value is -1.11. The van der Waals surface area contributed by atoms with E-state index in [4.69, 9.17) is 0 Å². The van der Waals surface area contributed by atoms with Gasteiger partial charge in [-0.1, -0.05) is 6.07 Å². The van der Waals surface area contributed by atoms with Crippen molar-refractivity contribution in [1.29, 1.82) is 0 Å². The van der Waals surface area contributed by atoms with Crippen molar-refractivity contribution in [2.24, 2.45) is 0 Å². The molecule has 1 N–H and O–H groups in total. The normalized spacial score (nSPS) is 10.7. The molecule has 1 aromatic heterocycles. The Labute approximate surface area is 92.1 Å². The summed E-state index contributed by atoms with van der Waals surface area (Å²) in [4.78, 5) is 24.7. The Balaban J connectivity index is 3.11. The number of aromatic nitrogens is 1. The Kier molecular flexibility index (Phi) is 2.18. The summed E-state index contributed by atoms with van der Waals surface area (Å²) in [6, 6.07) is 3.55. The largest absolute Gasteiger partial charge is 0.419 e. The van der Waals surface area contributed by atoms with Crippen LogP contribution in [0.15, 0.2) is 26.1 Å². The summed E-state index contributed by atoms with van der Waals surface area (Å²) >= 11 is 2.06. The predicted octanol–water partition coefficient (Wildman–Crippen LogP) is 1.39. The van der Waals surface area contributed by atoms with E-state index < -0.39 is 11.4 Å². The number of rotatable bonds is 0. The third kappa shape index (κ3) is 1.37. The summed E-state index contributed by atoms with van der Waals surface area (Å²) in [5.41, 5.74) is 0.913. The fraction of sp³-hybridized carbons (Fsp3) is 0.111. The molecule has 0 spiro atoms. The molecule has 0 saturated carbocycles. The van der Waals surface area contributed by atoms with Crippen molar-refractivity contribution in [3.8, 4) is 0 Å². The van der Waals surface area contributed by atoms with E-state index in [9.17, 15) is 9.59 Å². The smallest absolute Gasteiger partial charge is 0.372 e. The minimum absolute atomic E-state index is 0.435. The van der Waals surface area contributed by atoms with Crippen LogP contribution in [0.2, 0.25) is 0 Å². The van der Waals surface area contributed by atoms with Gasteiger partial charge < -0.3 is 4.42 Å². The fourth-order valence-corrected chi connectivity index (χ4v) is 1.95. The molecule has 1 heterocycles.